The highest BCUT2D eigenvalue weighted by molar-refractivity contribution is 7.86. The van der Waals surface area contributed by atoms with Gasteiger partial charge in [0.2, 0.25) is 0 Å². The SMILES string of the molecule is COCC1CCCN1S(=O)(=O)N(C)CC1CCN(Cc2ccccc2)CC1. The van der Waals surface area contributed by atoms with Gasteiger partial charge in [-0.05, 0) is 50.3 Å². The van der Waals surface area contributed by atoms with Gasteiger partial charge < -0.3 is 4.74 Å². The van der Waals surface area contributed by atoms with Crippen molar-refractivity contribution < 1.29 is 13.2 Å². The number of piperidine rings is 1. The first-order chi connectivity index (χ1) is 13.0. The summed E-state index contributed by atoms with van der Waals surface area (Å²) in [6, 6.07) is 10.5. The van der Waals surface area contributed by atoms with Crippen LogP contribution in [0.5, 0.6) is 0 Å². The molecular weight excluding hydrogens is 362 g/mol. The number of hydrogen-bond donors (Lipinski definition) is 0. The maximum Gasteiger partial charge on any atom is 0.282 e. The van der Waals surface area contributed by atoms with E-state index in [1.807, 2.05) is 6.07 Å². The van der Waals surface area contributed by atoms with E-state index in [0.29, 0.717) is 25.6 Å². The molecule has 0 N–H and O–H groups in total. The van der Waals surface area contributed by atoms with Gasteiger partial charge in [0.05, 0.1) is 6.61 Å². The average Bonchev–Trinajstić information content (AvgIpc) is 3.14. The molecule has 1 unspecified atom stereocenters. The summed E-state index contributed by atoms with van der Waals surface area (Å²) in [6.45, 7) is 4.74. The Morgan fingerprint density at radius 2 is 1.81 bits per heavy atom. The molecule has 0 aromatic heterocycles. The highest BCUT2D eigenvalue weighted by atomic mass is 32.2. The smallest absolute Gasteiger partial charge is 0.282 e. The van der Waals surface area contributed by atoms with Crippen molar-refractivity contribution in [2.24, 2.45) is 5.92 Å². The molecule has 152 valence electrons. The lowest BCUT2D eigenvalue weighted by Crippen LogP contribution is -2.48. The van der Waals surface area contributed by atoms with Crippen molar-refractivity contribution in [1.29, 1.82) is 0 Å². The van der Waals surface area contributed by atoms with Gasteiger partial charge in [0.1, 0.15) is 0 Å². The van der Waals surface area contributed by atoms with Crippen LogP contribution in [0.15, 0.2) is 30.3 Å². The zero-order chi connectivity index (χ0) is 19.3. The maximum absolute atomic E-state index is 13.0. The van der Waals surface area contributed by atoms with Crippen LogP contribution < -0.4 is 0 Å². The summed E-state index contributed by atoms with van der Waals surface area (Å²) in [5.74, 6) is 0.431. The van der Waals surface area contributed by atoms with Crippen molar-refractivity contribution in [3.63, 3.8) is 0 Å². The lowest BCUT2D eigenvalue weighted by molar-refractivity contribution is 0.143. The Hall–Kier alpha value is -0.990. The molecule has 1 aromatic rings. The van der Waals surface area contributed by atoms with Gasteiger partial charge in [-0.15, -0.1) is 0 Å². The lowest BCUT2D eigenvalue weighted by atomic mass is 9.96. The number of likely N-dealkylation sites (tertiary alicyclic amines) is 1. The van der Waals surface area contributed by atoms with Crippen LogP contribution in [0.4, 0.5) is 0 Å². The third-order valence-corrected chi connectivity index (χ3v) is 7.85. The number of rotatable bonds is 8. The third kappa shape index (κ3) is 5.29. The topological polar surface area (TPSA) is 53.1 Å². The maximum atomic E-state index is 13.0. The Morgan fingerprint density at radius 1 is 1.11 bits per heavy atom. The van der Waals surface area contributed by atoms with E-state index in [4.69, 9.17) is 4.74 Å². The summed E-state index contributed by atoms with van der Waals surface area (Å²) in [7, 11) is -0.0335. The Kier molecular flexibility index (Phi) is 7.28. The Balaban J connectivity index is 1.49. The molecule has 2 aliphatic rings. The standard InChI is InChI=1S/C20H33N3O3S/c1-21(27(24,25)23-12-6-9-20(23)17-26-2)15-19-10-13-22(14-11-19)16-18-7-4-3-5-8-18/h3-5,7-8,19-20H,6,9-17H2,1-2H3. The molecule has 3 rings (SSSR count). The van der Waals surface area contributed by atoms with Crippen molar-refractivity contribution in [3.05, 3.63) is 35.9 Å². The van der Waals surface area contributed by atoms with Gasteiger partial charge in [0.15, 0.2) is 0 Å². The number of nitrogens with zero attached hydrogens (tertiary/aromatic N) is 3. The summed E-state index contributed by atoms with van der Waals surface area (Å²) in [4.78, 5) is 2.47. The normalized spacial score (nSPS) is 23.3. The summed E-state index contributed by atoms with van der Waals surface area (Å²) in [5, 5.41) is 0. The summed E-state index contributed by atoms with van der Waals surface area (Å²) in [6.07, 6.45) is 3.90. The zero-order valence-corrected chi connectivity index (χ0v) is 17.4. The van der Waals surface area contributed by atoms with E-state index in [2.05, 4.69) is 29.2 Å². The van der Waals surface area contributed by atoms with Crippen molar-refractivity contribution >= 4 is 10.2 Å². The molecule has 0 spiro atoms. The first-order valence-corrected chi connectivity index (χ1v) is 11.4. The van der Waals surface area contributed by atoms with Gasteiger partial charge in [0, 0.05) is 39.8 Å². The van der Waals surface area contributed by atoms with Crippen LogP contribution in [-0.2, 0) is 21.5 Å². The van der Waals surface area contributed by atoms with Gasteiger partial charge in [-0.25, -0.2) is 0 Å². The Labute approximate surface area is 164 Å². The minimum atomic E-state index is -3.40. The first kappa shape index (κ1) is 20.7. The monoisotopic (exact) mass is 395 g/mol. The van der Waals surface area contributed by atoms with E-state index in [1.54, 1.807) is 22.8 Å². The molecule has 0 bridgehead atoms. The van der Waals surface area contributed by atoms with Gasteiger partial charge in [0.25, 0.3) is 10.2 Å². The highest BCUT2D eigenvalue weighted by Crippen LogP contribution is 2.25. The minimum absolute atomic E-state index is 0.0184. The van der Waals surface area contributed by atoms with Crippen LogP contribution in [0.3, 0.4) is 0 Å². The molecule has 0 aliphatic carbocycles. The molecule has 0 radical (unpaired) electrons. The van der Waals surface area contributed by atoms with Crippen LogP contribution in [-0.4, -0.2) is 74.9 Å². The predicted octanol–water partition coefficient (Wildman–Crippen LogP) is 2.19. The number of benzene rings is 1. The highest BCUT2D eigenvalue weighted by Gasteiger charge is 2.37. The summed E-state index contributed by atoms with van der Waals surface area (Å²) < 4.78 is 34.4. The molecule has 1 aromatic carbocycles. The van der Waals surface area contributed by atoms with E-state index < -0.39 is 10.2 Å². The largest absolute Gasteiger partial charge is 0.383 e. The van der Waals surface area contributed by atoms with E-state index in [0.717, 1.165) is 45.3 Å². The van der Waals surface area contributed by atoms with Crippen LogP contribution in [0, 0.1) is 5.92 Å². The number of hydrogen-bond acceptors (Lipinski definition) is 4. The fourth-order valence-corrected chi connectivity index (χ4v) is 5.94. The Bertz CT molecular complexity index is 675. The van der Waals surface area contributed by atoms with E-state index >= 15 is 0 Å². The molecule has 2 heterocycles. The van der Waals surface area contributed by atoms with Crippen LogP contribution in [0.1, 0.15) is 31.2 Å². The van der Waals surface area contributed by atoms with Gasteiger partial charge in [-0.2, -0.15) is 17.0 Å². The second-order valence-electron chi connectivity index (χ2n) is 7.86. The molecule has 2 saturated heterocycles. The average molecular weight is 396 g/mol. The van der Waals surface area contributed by atoms with Crippen LogP contribution in [0.2, 0.25) is 0 Å². The second kappa shape index (κ2) is 9.47. The van der Waals surface area contributed by atoms with Gasteiger partial charge >= 0.3 is 0 Å². The quantitative estimate of drug-likeness (QED) is 0.677. The molecule has 2 aliphatic heterocycles. The van der Waals surface area contributed by atoms with Gasteiger partial charge in [-0.3, -0.25) is 4.90 Å². The molecule has 2 fully saturated rings. The third-order valence-electron chi connectivity index (χ3n) is 5.84. The molecule has 1 atom stereocenters. The molecule has 27 heavy (non-hydrogen) atoms. The molecule has 6 nitrogen and oxygen atoms in total. The van der Waals surface area contributed by atoms with Crippen molar-refractivity contribution in [2.45, 2.75) is 38.3 Å². The van der Waals surface area contributed by atoms with Crippen molar-refractivity contribution in [2.75, 3.05) is 46.9 Å². The molecule has 0 amide bonds. The summed E-state index contributed by atoms with van der Waals surface area (Å²) >= 11 is 0. The minimum Gasteiger partial charge on any atom is -0.383 e. The van der Waals surface area contributed by atoms with E-state index in [1.165, 1.54) is 5.56 Å². The lowest BCUT2D eigenvalue weighted by Gasteiger charge is -2.35. The fourth-order valence-electron chi connectivity index (χ4n) is 4.28. The predicted molar refractivity (Wildman–Crippen MR) is 108 cm³/mol. The van der Waals surface area contributed by atoms with E-state index in [9.17, 15) is 8.42 Å². The van der Waals surface area contributed by atoms with Gasteiger partial charge in [-0.1, -0.05) is 30.3 Å². The van der Waals surface area contributed by atoms with E-state index in [-0.39, 0.29) is 6.04 Å². The molecule has 7 heteroatoms. The van der Waals surface area contributed by atoms with Crippen molar-refractivity contribution in [1.82, 2.24) is 13.5 Å². The summed E-state index contributed by atoms with van der Waals surface area (Å²) in [5.41, 5.74) is 1.34. The van der Waals surface area contributed by atoms with Crippen LogP contribution >= 0.6 is 0 Å². The first-order valence-electron chi connectivity index (χ1n) is 9.99. The second-order valence-corrected chi connectivity index (χ2v) is 9.84. The fraction of sp³-hybridized carbons (Fsp3) is 0.700. The zero-order valence-electron chi connectivity index (χ0n) is 16.6. The van der Waals surface area contributed by atoms with Crippen LogP contribution in [0.25, 0.3) is 0 Å². The number of ether oxygens (including phenoxy) is 1. The molecule has 0 saturated carbocycles. The molecular formula is C20H33N3O3S. The van der Waals surface area contributed by atoms with Crippen molar-refractivity contribution in [3.8, 4) is 0 Å². The Morgan fingerprint density at radius 3 is 2.48 bits per heavy atom. The number of methoxy groups -OCH3 is 1.